The van der Waals surface area contributed by atoms with E-state index in [0.717, 1.165) is 74.3 Å². The van der Waals surface area contributed by atoms with E-state index >= 15 is 0 Å². The summed E-state index contributed by atoms with van der Waals surface area (Å²) in [5, 5.41) is 0. The summed E-state index contributed by atoms with van der Waals surface area (Å²) >= 11 is 0. The number of aromatic nitrogens is 2. The predicted octanol–water partition coefficient (Wildman–Crippen LogP) is 2.74. The molecule has 0 aliphatic carbocycles. The monoisotopic (exact) mass is 371 g/mol. The van der Waals surface area contributed by atoms with Crippen LogP contribution in [0.25, 0.3) is 0 Å². The first-order valence-electron chi connectivity index (χ1n) is 9.69. The summed E-state index contributed by atoms with van der Waals surface area (Å²) in [5.74, 6) is 2.37. The first-order valence-corrected chi connectivity index (χ1v) is 9.69. The lowest BCUT2D eigenvalue weighted by Gasteiger charge is -2.26. The van der Waals surface area contributed by atoms with Gasteiger partial charge in [-0.2, -0.15) is 0 Å². The Bertz CT molecular complexity index is 718. The van der Waals surface area contributed by atoms with E-state index in [2.05, 4.69) is 21.8 Å². The molecule has 6 nitrogen and oxygen atoms in total. The van der Waals surface area contributed by atoms with Crippen molar-refractivity contribution in [2.75, 3.05) is 46.6 Å². The summed E-state index contributed by atoms with van der Waals surface area (Å²) in [6.45, 7) is 7.48. The Morgan fingerprint density at radius 3 is 2.78 bits per heavy atom. The molecule has 2 aromatic rings. The molecule has 2 heterocycles. The number of morpholine rings is 1. The number of nitrogens with zero attached hydrogens (tertiary/aromatic N) is 3. The van der Waals surface area contributed by atoms with E-state index in [0.29, 0.717) is 13.0 Å². The van der Waals surface area contributed by atoms with Crippen LogP contribution in [0.4, 0.5) is 0 Å². The zero-order valence-electron chi connectivity index (χ0n) is 16.3. The second-order valence-corrected chi connectivity index (χ2v) is 6.64. The first kappa shape index (κ1) is 19.6. The molecule has 1 aliphatic rings. The highest BCUT2D eigenvalue weighted by molar-refractivity contribution is 5.43. The number of methoxy groups -OCH3 is 1. The SMILES string of the molecule is CCc1ccnc(Cc2ccc(OC)c(OCCCN3CCOCC3)c2)n1. The Balaban J connectivity index is 1.57. The molecule has 0 N–H and O–H groups in total. The van der Waals surface area contributed by atoms with Gasteiger partial charge in [-0.1, -0.05) is 13.0 Å². The maximum absolute atomic E-state index is 6.02. The molecule has 1 saturated heterocycles. The van der Waals surface area contributed by atoms with E-state index in [1.54, 1.807) is 7.11 Å². The maximum Gasteiger partial charge on any atom is 0.161 e. The van der Waals surface area contributed by atoms with Crippen LogP contribution < -0.4 is 9.47 Å². The van der Waals surface area contributed by atoms with E-state index in [9.17, 15) is 0 Å². The van der Waals surface area contributed by atoms with Crippen molar-refractivity contribution in [1.29, 1.82) is 0 Å². The summed E-state index contributed by atoms with van der Waals surface area (Å²) in [6.07, 6.45) is 4.40. The number of hydrogen-bond acceptors (Lipinski definition) is 6. The number of aryl methyl sites for hydroxylation is 1. The molecule has 0 bridgehead atoms. The molecule has 1 fully saturated rings. The molecule has 3 rings (SSSR count). The van der Waals surface area contributed by atoms with Gasteiger partial charge in [0, 0.05) is 37.9 Å². The van der Waals surface area contributed by atoms with E-state index < -0.39 is 0 Å². The number of hydrogen-bond donors (Lipinski definition) is 0. The van der Waals surface area contributed by atoms with Crippen LogP contribution >= 0.6 is 0 Å². The Morgan fingerprint density at radius 2 is 2.00 bits per heavy atom. The van der Waals surface area contributed by atoms with Crippen LogP contribution in [-0.4, -0.2) is 61.4 Å². The molecule has 1 aliphatic heterocycles. The van der Waals surface area contributed by atoms with E-state index in [1.165, 1.54) is 0 Å². The molecule has 0 amide bonds. The van der Waals surface area contributed by atoms with Gasteiger partial charge in [0.1, 0.15) is 5.82 Å². The Kier molecular flexibility index (Phi) is 7.42. The largest absolute Gasteiger partial charge is 0.493 e. The summed E-state index contributed by atoms with van der Waals surface area (Å²) < 4.78 is 16.9. The lowest BCUT2D eigenvalue weighted by Crippen LogP contribution is -2.37. The number of rotatable bonds is 9. The van der Waals surface area contributed by atoms with Gasteiger partial charge in [-0.25, -0.2) is 9.97 Å². The van der Waals surface area contributed by atoms with E-state index in [1.807, 2.05) is 30.5 Å². The van der Waals surface area contributed by atoms with Crippen LogP contribution in [0, 0.1) is 0 Å². The van der Waals surface area contributed by atoms with E-state index in [4.69, 9.17) is 14.2 Å². The smallest absolute Gasteiger partial charge is 0.161 e. The Labute approximate surface area is 161 Å². The fourth-order valence-electron chi connectivity index (χ4n) is 3.14. The molecule has 1 aromatic carbocycles. The molecule has 27 heavy (non-hydrogen) atoms. The summed E-state index contributed by atoms with van der Waals surface area (Å²) in [7, 11) is 1.67. The predicted molar refractivity (Wildman–Crippen MR) is 105 cm³/mol. The zero-order valence-corrected chi connectivity index (χ0v) is 16.3. The Morgan fingerprint density at radius 1 is 1.15 bits per heavy atom. The minimum absolute atomic E-state index is 0.666. The average molecular weight is 371 g/mol. The van der Waals surface area contributed by atoms with Crippen LogP contribution in [0.2, 0.25) is 0 Å². The molecule has 0 unspecified atom stereocenters. The molecule has 0 spiro atoms. The minimum atomic E-state index is 0.666. The highest BCUT2D eigenvalue weighted by Gasteiger charge is 2.11. The van der Waals surface area contributed by atoms with Crippen molar-refractivity contribution in [2.45, 2.75) is 26.2 Å². The van der Waals surface area contributed by atoms with Gasteiger partial charge in [0.2, 0.25) is 0 Å². The van der Waals surface area contributed by atoms with Crippen molar-refractivity contribution < 1.29 is 14.2 Å². The van der Waals surface area contributed by atoms with Crippen molar-refractivity contribution in [3.05, 3.63) is 47.5 Å². The van der Waals surface area contributed by atoms with Crippen LogP contribution in [0.3, 0.4) is 0 Å². The van der Waals surface area contributed by atoms with Gasteiger partial charge in [-0.05, 0) is 36.6 Å². The number of ether oxygens (including phenoxy) is 3. The van der Waals surface area contributed by atoms with Crippen LogP contribution in [0.1, 0.15) is 30.4 Å². The van der Waals surface area contributed by atoms with Crippen LogP contribution in [-0.2, 0) is 17.6 Å². The average Bonchev–Trinajstić information content (AvgIpc) is 2.72. The van der Waals surface area contributed by atoms with Crippen molar-refractivity contribution >= 4 is 0 Å². The molecule has 1 aromatic heterocycles. The van der Waals surface area contributed by atoms with Gasteiger partial charge < -0.3 is 14.2 Å². The third-order valence-corrected chi connectivity index (χ3v) is 4.70. The highest BCUT2D eigenvalue weighted by atomic mass is 16.5. The molecule has 146 valence electrons. The standard InChI is InChI=1S/C21H29N3O3/c1-3-18-7-8-22-21(23-18)16-17-5-6-19(25-2)20(15-17)27-12-4-9-24-10-13-26-14-11-24/h5-8,15H,3-4,9-14,16H2,1-2H3. The first-order chi connectivity index (χ1) is 13.3. The van der Waals surface area contributed by atoms with Crippen LogP contribution in [0.5, 0.6) is 11.5 Å². The zero-order chi connectivity index (χ0) is 18.9. The summed E-state index contributed by atoms with van der Waals surface area (Å²) in [5.41, 5.74) is 2.18. The Hall–Kier alpha value is -2.18. The maximum atomic E-state index is 6.02. The molecule has 0 saturated carbocycles. The minimum Gasteiger partial charge on any atom is -0.493 e. The van der Waals surface area contributed by atoms with Gasteiger partial charge in [0.25, 0.3) is 0 Å². The molecular formula is C21H29N3O3. The van der Waals surface area contributed by atoms with Gasteiger partial charge in [0.05, 0.1) is 26.9 Å². The van der Waals surface area contributed by atoms with Crippen molar-refractivity contribution in [2.24, 2.45) is 0 Å². The fraction of sp³-hybridized carbons (Fsp3) is 0.524. The molecule has 6 heteroatoms. The van der Waals surface area contributed by atoms with Gasteiger partial charge in [-0.3, -0.25) is 4.90 Å². The topological polar surface area (TPSA) is 56.7 Å². The molecular weight excluding hydrogens is 342 g/mol. The van der Waals surface area contributed by atoms with Crippen molar-refractivity contribution in [1.82, 2.24) is 14.9 Å². The third-order valence-electron chi connectivity index (χ3n) is 4.70. The number of benzene rings is 1. The second-order valence-electron chi connectivity index (χ2n) is 6.64. The lowest BCUT2D eigenvalue weighted by atomic mass is 10.1. The van der Waals surface area contributed by atoms with Gasteiger partial charge in [0.15, 0.2) is 11.5 Å². The van der Waals surface area contributed by atoms with Gasteiger partial charge >= 0.3 is 0 Å². The third kappa shape index (κ3) is 5.91. The molecule has 0 radical (unpaired) electrons. The fourth-order valence-corrected chi connectivity index (χ4v) is 3.14. The van der Waals surface area contributed by atoms with Crippen molar-refractivity contribution in [3.63, 3.8) is 0 Å². The summed E-state index contributed by atoms with van der Waals surface area (Å²) in [4.78, 5) is 11.4. The van der Waals surface area contributed by atoms with Crippen LogP contribution in [0.15, 0.2) is 30.5 Å². The van der Waals surface area contributed by atoms with Gasteiger partial charge in [-0.15, -0.1) is 0 Å². The highest BCUT2D eigenvalue weighted by Crippen LogP contribution is 2.29. The van der Waals surface area contributed by atoms with E-state index in [-0.39, 0.29) is 0 Å². The lowest BCUT2D eigenvalue weighted by molar-refractivity contribution is 0.0357. The molecule has 0 atom stereocenters. The second kappa shape index (κ2) is 10.2. The van der Waals surface area contributed by atoms with Crippen molar-refractivity contribution in [3.8, 4) is 11.5 Å². The summed E-state index contributed by atoms with van der Waals surface area (Å²) in [6, 6.07) is 7.99. The normalized spacial score (nSPS) is 14.9. The quantitative estimate of drug-likeness (QED) is 0.632.